The van der Waals surface area contributed by atoms with Crippen molar-refractivity contribution < 1.29 is 19.8 Å². The van der Waals surface area contributed by atoms with Crippen LogP contribution in [0.3, 0.4) is 0 Å². The van der Waals surface area contributed by atoms with Gasteiger partial charge in [0.25, 0.3) is 0 Å². The third-order valence-electron chi connectivity index (χ3n) is 3.47. The number of rotatable bonds is 11. The Morgan fingerprint density at radius 1 is 0.944 bits per heavy atom. The smallest absolute Gasteiger partial charge is 0.309 e. The summed E-state index contributed by atoms with van der Waals surface area (Å²) >= 11 is 0. The Labute approximate surface area is 109 Å². The third kappa shape index (κ3) is 7.30. The van der Waals surface area contributed by atoms with E-state index in [1.165, 1.54) is 0 Å². The highest BCUT2D eigenvalue weighted by Crippen LogP contribution is 2.31. The minimum atomic E-state index is -0.756. The second-order valence-electron chi connectivity index (χ2n) is 5.28. The van der Waals surface area contributed by atoms with Gasteiger partial charge in [0.15, 0.2) is 0 Å². The zero-order valence-corrected chi connectivity index (χ0v) is 11.6. The Balaban J connectivity index is 3.83. The molecule has 18 heavy (non-hydrogen) atoms. The molecule has 0 fully saturated rings. The molecule has 0 saturated carbocycles. The zero-order chi connectivity index (χ0) is 14.0. The quantitative estimate of drug-likeness (QED) is 0.554. The number of carboxylic acid groups (broad SMARTS) is 2. The molecule has 1 atom stereocenters. The topological polar surface area (TPSA) is 74.6 Å². The molecule has 0 spiro atoms. The molecule has 0 aromatic heterocycles. The minimum absolute atomic E-state index is 0.214. The Morgan fingerprint density at radius 3 is 2.00 bits per heavy atom. The second kappa shape index (κ2) is 8.95. The summed E-state index contributed by atoms with van der Waals surface area (Å²) in [5.41, 5.74) is -0.608. The monoisotopic (exact) mass is 258 g/mol. The molecular weight excluding hydrogens is 232 g/mol. The van der Waals surface area contributed by atoms with Crippen molar-refractivity contribution in [2.45, 2.75) is 71.6 Å². The molecular formula is C14H26O4. The molecule has 0 rings (SSSR count). The van der Waals surface area contributed by atoms with Gasteiger partial charge in [-0.15, -0.1) is 0 Å². The highest BCUT2D eigenvalue weighted by molar-refractivity contribution is 5.74. The molecule has 0 aliphatic rings. The molecule has 0 amide bonds. The van der Waals surface area contributed by atoms with Crippen molar-refractivity contribution in [3.63, 3.8) is 0 Å². The maximum Gasteiger partial charge on any atom is 0.309 e. The van der Waals surface area contributed by atoms with E-state index in [0.29, 0.717) is 12.8 Å². The van der Waals surface area contributed by atoms with Crippen LogP contribution >= 0.6 is 0 Å². The zero-order valence-electron chi connectivity index (χ0n) is 11.6. The van der Waals surface area contributed by atoms with Gasteiger partial charge in [0.05, 0.1) is 5.41 Å². The minimum Gasteiger partial charge on any atom is -0.481 e. The van der Waals surface area contributed by atoms with Gasteiger partial charge in [-0.2, -0.15) is 0 Å². The van der Waals surface area contributed by atoms with Crippen LogP contribution in [0.5, 0.6) is 0 Å². The van der Waals surface area contributed by atoms with Crippen molar-refractivity contribution in [1.82, 2.24) is 0 Å². The fourth-order valence-corrected chi connectivity index (χ4v) is 2.05. The van der Waals surface area contributed by atoms with Gasteiger partial charge in [-0.25, -0.2) is 0 Å². The van der Waals surface area contributed by atoms with Crippen LogP contribution < -0.4 is 0 Å². The standard InChI is InChI=1S/C14H26O4/c1-3-4-10-14(2,13(17)18)11-8-6-5-7-9-12(15)16/h3-11H2,1-2H3,(H,15,16)(H,17,18). The normalized spacial score (nSPS) is 14.1. The Morgan fingerprint density at radius 2 is 1.50 bits per heavy atom. The SMILES string of the molecule is CCCCC(C)(CCCCCCC(=O)O)C(=O)O. The van der Waals surface area contributed by atoms with Crippen molar-refractivity contribution in [1.29, 1.82) is 0 Å². The second-order valence-corrected chi connectivity index (χ2v) is 5.28. The summed E-state index contributed by atoms with van der Waals surface area (Å²) in [5.74, 6) is -1.46. The van der Waals surface area contributed by atoms with Crippen molar-refractivity contribution in [3.8, 4) is 0 Å². The van der Waals surface area contributed by atoms with E-state index in [-0.39, 0.29) is 6.42 Å². The Bertz CT molecular complexity index is 263. The Kier molecular flexibility index (Phi) is 8.42. The average molecular weight is 258 g/mol. The fraction of sp³-hybridized carbons (Fsp3) is 0.857. The summed E-state index contributed by atoms with van der Waals surface area (Å²) in [4.78, 5) is 21.6. The molecule has 4 nitrogen and oxygen atoms in total. The molecule has 0 heterocycles. The van der Waals surface area contributed by atoms with Gasteiger partial charge >= 0.3 is 11.9 Å². The van der Waals surface area contributed by atoms with Crippen LogP contribution in [0.1, 0.15) is 71.6 Å². The molecule has 0 radical (unpaired) electrons. The molecule has 0 aromatic carbocycles. The van der Waals surface area contributed by atoms with Gasteiger partial charge in [0.2, 0.25) is 0 Å². The highest BCUT2D eigenvalue weighted by atomic mass is 16.4. The summed E-state index contributed by atoms with van der Waals surface area (Å²) in [6, 6.07) is 0. The predicted octanol–water partition coefficient (Wildman–Crippen LogP) is 3.69. The summed E-state index contributed by atoms with van der Waals surface area (Å²) in [6.45, 7) is 3.89. The number of hydrogen-bond donors (Lipinski definition) is 2. The fourth-order valence-electron chi connectivity index (χ4n) is 2.05. The average Bonchev–Trinajstić information content (AvgIpc) is 2.30. The molecule has 106 valence electrons. The van der Waals surface area contributed by atoms with Crippen molar-refractivity contribution >= 4 is 11.9 Å². The van der Waals surface area contributed by atoms with E-state index in [1.54, 1.807) is 0 Å². The van der Waals surface area contributed by atoms with Crippen LogP contribution in [0.2, 0.25) is 0 Å². The van der Waals surface area contributed by atoms with E-state index in [9.17, 15) is 14.7 Å². The van der Waals surface area contributed by atoms with Crippen molar-refractivity contribution in [3.05, 3.63) is 0 Å². The van der Waals surface area contributed by atoms with Crippen molar-refractivity contribution in [2.24, 2.45) is 5.41 Å². The Hall–Kier alpha value is -1.06. The lowest BCUT2D eigenvalue weighted by Gasteiger charge is -2.24. The van der Waals surface area contributed by atoms with Gasteiger partial charge in [-0.3, -0.25) is 9.59 Å². The first-order valence-corrected chi connectivity index (χ1v) is 6.87. The van der Waals surface area contributed by atoms with Crippen LogP contribution in [0.25, 0.3) is 0 Å². The summed E-state index contributed by atoms with van der Waals surface area (Å²) in [5, 5.41) is 17.7. The summed E-state index contributed by atoms with van der Waals surface area (Å²) in [7, 11) is 0. The van der Waals surface area contributed by atoms with Crippen LogP contribution in [-0.2, 0) is 9.59 Å². The molecule has 0 bridgehead atoms. The van der Waals surface area contributed by atoms with Gasteiger partial charge in [-0.05, 0) is 26.2 Å². The van der Waals surface area contributed by atoms with E-state index in [0.717, 1.165) is 38.5 Å². The van der Waals surface area contributed by atoms with Gasteiger partial charge < -0.3 is 10.2 Å². The lowest BCUT2D eigenvalue weighted by molar-refractivity contribution is -0.149. The first kappa shape index (κ1) is 16.9. The first-order valence-electron chi connectivity index (χ1n) is 6.87. The molecule has 0 saturated heterocycles. The summed E-state index contributed by atoms with van der Waals surface area (Å²) < 4.78 is 0. The van der Waals surface area contributed by atoms with E-state index < -0.39 is 17.4 Å². The molecule has 1 unspecified atom stereocenters. The molecule has 0 aliphatic heterocycles. The van der Waals surface area contributed by atoms with Crippen LogP contribution in [0.4, 0.5) is 0 Å². The molecule has 0 aromatic rings. The first-order chi connectivity index (χ1) is 8.42. The van der Waals surface area contributed by atoms with E-state index in [1.807, 2.05) is 6.92 Å². The maximum atomic E-state index is 11.3. The van der Waals surface area contributed by atoms with Crippen molar-refractivity contribution in [2.75, 3.05) is 0 Å². The third-order valence-corrected chi connectivity index (χ3v) is 3.47. The van der Waals surface area contributed by atoms with Crippen LogP contribution in [-0.4, -0.2) is 22.2 Å². The molecule has 2 N–H and O–H groups in total. The van der Waals surface area contributed by atoms with Crippen LogP contribution in [0.15, 0.2) is 0 Å². The van der Waals surface area contributed by atoms with E-state index in [4.69, 9.17) is 5.11 Å². The number of unbranched alkanes of at least 4 members (excludes halogenated alkanes) is 4. The predicted molar refractivity (Wildman–Crippen MR) is 70.6 cm³/mol. The lowest BCUT2D eigenvalue weighted by Crippen LogP contribution is -2.27. The number of carboxylic acids is 2. The number of carbonyl (C=O) groups is 2. The highest BCUT2D eigenvalue weighted by Gasteiger charge is 2.31. The van der Waals surface area contributed by atoms with Gasteiger partial charge in [-0.1, -0.05) is 39.0 Å². The van der Waals surface area contributed by atoms with Crippen LogP contribution in [0, 0.1) is 5.41 Å². The molecule has 0 aliphatic carbocycles. The largest absolute Gasteiger partial charge is 0.481 e. The van der Waals surface area contributed by atoms with E-state index >= 15 is 0 Å². The summed E-state index contributed by atoms with van der Waals surface area (Å²) in [6.07, 6.45) is 6.94. The van der Waals surface area contributed by atoms with Gasteiger partial charge in [0, 0.05) is 6.42 Å². The lowest BCUT2D eigenvalue weighted by atomic mass is 9.80. The number of aliphatic carboxylic acids is 2. The maximum absolute atomic E-state index is 11.3. The molecule has 4 heteroatoms. The van der Waals surface area contributed by atoms with E-state index in [2.05, 4.69) is 6.92 Å². The number of hydrogen-bond acceptors (Lipinski definition) is 2. The van der Waals surface area contributed by atoms with Gasteiger partial charge in [0.1, 0.15) is 0 Å².